The molecule has 1 aromatic rings. The van der Waals surface area contributed by atoms with Gasteiger partial charge in [0.1, 0.15) is 0 Å². The summed E-state index contributed by atoms with van der Waals surface area (Å²) in [5, 5.41) is 13.7. The molecule has 1 heterocycles. The van der Waals surface area contributed by atoms with Crippen LogP contribution in [0.15, 0.2) is 9.59 Å². The van der Waals surface area contributed by atoms with E-state index < -0.39 is 22.9 Å². The molecule has 1 aromatic heterocycles. The lowest BCUT2D eigenvalue weighted by Gasteiger charge is -2.36. The van der Waals surface area contributed by atoms with Gasteiger partial charge in [-0.05, 0) is 31.6 Å². The van der Waals surface area contributed by atoms with Gasteiger partial charge in [0.05, 0.1) is 0 Å². The first-order chi connectivity index (χ1) is 8.51. The molecule has 0 radical (unpaired) electrons. The Bertz CT molecular complexity index is 518. The molecule has 0 atom stereocenters. The Hall–Kier alpha value is -1.79. The van der Waals surface area contributed by atoms with E-state index in [9.17, 15) is 19.5 Å². The second-order valence-corrected chi connectivity index (χ2v) is 4.88. The van der Waals surface area contributed by atoms with Crippen molar-refractivity contribution in [3.05, 3.63) is 21.0 Å². The Morgan fingerprint density at radius 3 is 2.22 bits per heavy atom. The number of aliphatic carboxylic acids is 1. The minimum absolute atomic E-state index is 0.321. The average Bonchev–Trinajstić information content (AvgIpc) is 2.69. The quantitative estimate of drug-likeness (QED) is 0.719. The van der Waals surface area contributed by atoms with E-state index in [0.717, 1.165) is 23.8 Å². The molecule has 0 spiro atoms. The largest absolute Gasteiger partial charge is 0.479 e. The minimum Gasteiger partial charge on any atom is -0.479 e. The first kappa shape index (κ1) is 12.7. The van der Waals surface area contributed by atoms with Crippen molar-refractivity contribution in [3.8, 4) is 0 Å². The molecule has 0 bridgehead atoms. The van der Waals surface area contributed by atoms with Crippen molar-refractivity contribution in [2.24, 2.45) is 5.92 Å². The molecule has 1 aliphatic carbocycles. The third-order valence-corrected chi connectivity index (χ3v) is 4.02. The second kappa shape index (κ2) is 4.47. The van der Waals surface area contributed by atoms with Crippen LogP contribution >= 0.6 is 0 Å². The number of aromatic amines is 2. The normalized spacial score (nSPS) is 28.2. The van der Waals surface area contributed by atoms with Gasteiger partial charge in [0.15, 0.2) is 5.54 Å². The van der Waals surface area contributed by atoms with Crippen LogP contribution in [0.4, 0.5) is 0 Å². The number of rotatable bonds is 3. The van der Waals surface area contributed by atoms with Crippen molar-refractivity contribution in [2.45, 2.75) is 44.6 Å². The Kier molecular flexibility index (Phi) is 3.14. The van der Waals surface area contributed by atoms with Gasteiger partial charge < -0.3 is 5.11 Å². The predicted molar refractivity (Wildman–Crippen MR) is 63.5 cm³/mol. The van der Waals surface area contributed by atoms with Gasteiger partial charge in [-0.25, -0.2) is 29.1 Å². The summed E-state index contributed by atoms with van der Waals surface area (Å²) in [7, 11) is 0. The van der Waals surface area contributed by atoms with Crippen molar-refractivity contribution in [1.82, 2.24) is 14.8 Å². The van der Waals surface area contributed by atoms with Crippen LogP contribution in [0.5, 0.6) is 0 Å². The topological polar surface area (TPSA) is 108 Å². The molecule has 0 amide bonds. The van der Waals surface area contributed by atoms with E-state index in [1.807, 2.05) is 0 Å². The summed E-state index contributed by atoms with van der Waals surface area (Å²) in [5.41, 5.74) is -2.76. The highest BCUT2D eigenvalue weighted by atomic mass is 16.4. The number of carbonyl (C=O) groups is 1. The third kappa shape index (κ3) is 1.79. The third-order valence-electron chi connectivity index (χ3n) is 4.02. The Labute approximate surface area is 103 Å². The lowest BCUT2D eigenvalue weighted by Crippen LogP contribution is -2.53. The highest BCUT2D eigenvalue weighted by Gasteiger charge is 2.45. The molecule has 1 aliphatic rings. The molecule has 7 nitrogen and oxygen atoms in total. The molecule has 0 unspecified atom stereocenters. The summed E-state index contributed by atoms with van der Waals surface area (Å²) >= 11 is 0. The molecule has 0 saturated heterocycles. The summed E-state index contributed by atoms with van der Waals surface area (Å²) in [5.74, 6) is -0.629. The predicted octanol–water partition coefficient (Wildman–Crippen LogP) is 0.245. The van der Waals surface area contributed by atoms with Crippen LogP contribution in [0.1, 0.15) is 39.0 Å². The molecular formula is C11H17N3O4. The lowest BCUT2D eigenvalue weighted by atomic mass is 9.75. The second-order valence-electron chi connectivity index (χ2n) is 4.88. The van der Waals surface area contributed by atoms with Crippen LogP contribution in [0.2, 0.25) is 0 Å². The van der Waals surface area contributed by atoms with Crippen molar-refractivity contribution < 1.29 is 9.90 Å². The average molecular weight is 255 g/mol. The Balaban J connectivity index is 2.45. The van der Waals surface area contributed by atoms with Crippen molar-refractivity contribution in [2.75, 3.05) is 0 Å². The van der Waals surface area contributed by atoms with Gasteiger partial charge in [-0.2, -0.15) is 0 Å². The molecule has 18 heavy (non-hydrogen) atoms. The molecular weight excluding hydrogens is 238 g/mol. The van der Waals surface area contributed by atoms with E-state index >= 15 is 0 Å². The number of aromatic nitrogens is 3. The number of hydrogen-bond acceptors (Lipinski definition) is 3. The number of carboxylic acid groups (broad SMARTS) is 1. The van der Waals surface area contributed by atoms with Gasteiger partial charge in [0.2, 0.25) is 0 Å². The van der Waals surface area contributed by atoms with E-state index in [1.54, 1.807) is 0 Å². The zero-order chi connectivity index (χ0) is 13.3. The van der Waals surface area contributed by atoms with Crippen molar-refractivity contribution in [3.63, 3.8) is 0 Å². The highest BCUT2D eigenvalue weighted by molar-refractivity contribution is 5.76. The monoisotopic (exact) mass is 255 g/mol. The van der Waals surface area contributed by atoms with Crippen LogP contribution in [-0.2, 0) is 10.3 Å². The number of hydrogen-bond donors (Lipinski definition) is 3. The molecule has 1 fully saturated rings. The number of H-pyrrole nitrogens is 2. The zero-order valence-corrected chi connectivity index (χ0v) is 10.2. The van der Waals surface area contributed by atoms with Gasteiger partial charge in [-0.15, -0.1) is 0 Å². The summed E-state index contributed by atoms with van der Waals surface area (Å²) in [6, 6.07) is 0. The van der Waals surface area contributed by atoms with Gasteiger partial charge in [-0.3, -0.25) is 0 Å². The SMILES string of the molecule is CCC1CCC(C(=O)O)(n2c(=O)[nH][nH]c2=O)CC1. The zero-order valence-electron chi connectivity index (χ0n) is 10.2. The fraction of sp³-hybridized carbons (Fsp3) is 0.727. The van der Waals surface area contributed by atoms with Crippen molar-refractivity contribution in [1.29, 1.82) is 0 Å². The van der Waals surface area contributed by atoms with Gasteiger partial charge >= 0.3 is 17.3 Å². The fourth-order valence-corrected chi connectivity index (χ4v) is 2.80. The minimum atomic E-state index is -1.39. The van der Waals surface area contributed by atoms with Gasteiger partial charge in [-0.1, -0.05) is 13.3 Å². The molecule has 0 aromatic carbocycles. The molecule has 1 saturated carbocycles. The summed E-state index contributed by atoms with van der Waals surface area (Å²) < 4.78 is 0.821. The smallest absolute Gasteiger partial charge is 0.345 e. The summed E-state index contributed by atoms with van der Waals surface area (Å²) in [4.78, 5) is 34.8. The molecule has 3 N–H and O–H groups in total. The first-order valence-electron chi connectivity index (χ1n) is 6.15. The van der Waals surface area contributed by atoms with Gasteiger partial charge in [0, 0.05) is 0 Å². The summed E-state index contributed by atoms with van der Waals surface area (Å²) in [6.07, 6.45) is 3.08. The molecule has 7 heteroatoms. The first-order valence-corrected chi connectivity index (χ1v) is 6.15. The van der Waals surface area contributed by atoms with Crippen molar-refractivity contribution >= 4 is 5.97 Å². The maximum atomic E-state index is 11.6. The van der Waals surface area contributed by atoms with E-state index in [2.05, 4.69) is 17.1 Å². The number of carboxylic acids is 1. The lowest BCUT2D eigenvalue weighted by molar-refractivity contribution is -0.150. The van der Waals surface area contributed by atoms with Crippen LogP contribution in [-0.4, -0.2) is 25.8 Å². The fourth-order valence-electron chi connectivity index (χ4n) is 2.80. The maximum Gasteiger partial charge on any atom is 0.345 e. The van der Waals surface area contributed by atoms with E-state index in [-0.39, 0.29) is 0 Å². The molecule has 100 valence electrons. The number of nitrogens with one attached hydrogen (secondary N) is 2. The molecule has 0 aliphatic heterocycles. The Morgan fingerprint density at radius 1 is 1.33 bits per heavy atom. The maximum absolute atomic E-state index is 11.6. The standard InChI is InChI=1S/C11H17N3O4/c1-2-7-3-5-11(6-4-7,8(15)16)14-9(17)12-13-10(14)18/h7H,2-6H2,1H3,(H,12,17)(H,13,18)(H,15,16). The van der Waals surface area contributed by atoms with E-state index in [0.29, 0.717) is 18.8 Å². The van der Waals surface area contributed by atoms with Crippen LogP contribution in [0, 0.1) is 5.92 Å². The van der Waals surface area contributed by atoms with E-state index in [4.69, 9.17) is 0 Å². The van der Waals surface area contributed by atoms with Crippen LogP contribution in [0.25, 0.3) is 0 Å². The Morgan fingerprint density at radius 2 is 1.83 bits per heavy atom. The van der Waals surface area contributed by atoms with Crippen LogP contribution in [0.3, 0.4) is 0 Å². The van der Waals surface area contributed by atoms with E-state index in [1.165, 1.54) is 0 Å². The summed E-state index contributed by atoms with van der Waals surface area (Å²) in [6.45, 7) is 2.06. The van der Waals surface area contributed by atoms with Gasteiger partial charge in [0.25, 0.3) is 0 Å². The highest BCUT2D eigenvalue weighted by Crippen LogP contribution is 2.37. The van der Waals surface area contributed by atoms with Crippen LogP contribution < -0.4 is 11.4 Å². The number of nitrogens with zero attached hydrogens (tertiary/aromatic N) is 1. The molecule has 2 rings (SSSR count).